The van der Waals surface area contributed by atoms with Crippen LogP contribution in [0.2, 0.25) is 0 Å². The minimum Gasteiger partial charge on any atom is -0.481 e. The molecular weight excluding hydrogens is 379 g/mol. The zero-order chi connectivity index (χ0) is 20.7. The van der Waals surface area contributed by atoms with Gasteiger partial charge < -0.3 is 20.1 Å². The van der Waals surface area contributed by atoms with Gasteiger partial charge in [-0.15, -0.1) is 0 Å². The van der Waals surface area contributed by atoms with Gasteiger partial charge in [-0.3, -0.25) is 4.79 Å². The van der Waals surface area contributed by atoms with E-state index in [9.17, 15) is 18.0 Å². The Morgan fingerprint density at radius 3 is 2.32 bits per heavy atom. The lowest BCUT2D eigenvalue weighted by Gasteiger charge is -2.27. The van der Waals surface area contributed by atoms with Gasteiger partial charge in [-0.2, -0.15) is 13.2 Å². The van der Waals surface area contributed by atoms with Gasteiger partial charge in [0.25, 0.3) is 0 Å². The van der Waals surface area contributed by atoms with Crippen LogP contribution < -0.4 is 5.32 Å². The Labute approximate surface area is 160 Å². The highest BCUT2D eigenvalue weighted by molar-refractivity contribution is 5.73. The van der Waals surface area contributed by atoms with Gasteiger partial charge in [0.2, 0.25) is 0 Å². The molecule has 7 nitrogen and oxygen atoms in total. The highest BCUT2D eigenvalue weighted by Crippen LogP contribution is 2.24. The van der Waals surface area contributed by atoms with Crippen LogP contribution in [-0.4, -0.2) is 50.5 Å². The van der Waals surface area contributed by atoms with Crippen molar-refractivity contribution >= 4 is 11.9 Å². The number of halogens is 3. The highest BCUT2D eigenvalue weighted by Gasteiger charge is 2.38. The summed E-state index contributed by atoms with van der Waals surface area (Å²) in [6.45, 7) is 1.92. The predicted molar refractivity (Wildman–Crippen MR) is 93.9 cm³/mol. The normalized spacial score (nSPS) is 22.0. The Bertz CT molecular complexity index is 668. The molecule has 1 aromatic rings. The van der Waals surface area contributed by atoms with E-state index in [1.807, 2.05) is 6.33 Å². The van der Waals surface area contributed by atoms with Crippen LogP contribution in [0.3, 0.4) is 0 Å². The van der Waals surface area contributed by atoms with E-state index in [0.717, 1.165) is 45.2 Å². The number of aryl methyl sites for hydroxylation is 1. The molecule has 0 atom stereocenters. The Hall–Kier alpha value is -2.10. The van der Waals surface area contributed by atoms with E-state index in [4.69, 9.17) is 15.0 Å². The molecule has 1 saturated carbocycles. The highest BCUT2D eigenvalue weighted by atomic mass is 19.4. The number of hydrogen-bond acceptors (Lipinski definition) is 4. The molecule has 3 rings (SSSR count). The lowest BCUT2D eigenvalue weighted by atomic mass is 9.86. The fourth-order valence-corrected chi connectivity index (χ4v) is 3.66. The van der Waals surface area contributed by atoms with E-state index in [-0.39, 0.29) is 5.92 Å². The largest absolute Gasteiger partial charge is 0.490 e. The fraction of sp³-hybridized carbons (Fsp3) is 0.722. The standard InChI is InChI=1S/C16H25N3O2.C2HF3O2/c20-16(21)12-5-7-13(8-6-12)17-9-10-19-11-18-14-3-1-2-4-15(14)19;3-2(4,5)1(6)7/h11-13,17H,1-10H2,(H,20,21);(H,6,7). The molecule has 10 heteroatoms. The summed E-state index contributed by atoms with van der Waals surface area (Å²) in [5.41, 5.74) is 2.72. The average Bonchev–Trinajstić information content (AvgIpc) is 3.05. The fourth-order valence-electron chi connectivity index (χ4n) is 3.66. The van der Waals surface area contributed by atoms with Crippen molar-refractivity contribution < 1.29 is 33.0 Å². The number of nitrogens with one attached hydrogen (secondary N) is 1. The monoisotopic (exact) mass is 405 g/mol. The van der Waals surface area contributed by atoms with Gasteiger partial charge >= 0.3 is 18.1 Å². The van der Waals surface area contributed by atoms with E-state index < -0.39 is 18.1 Å². The van der Waals surface area contributed by atoms with Crippen LogP contribution in [0.25, 0.3) is 0 Å². The number of carbonyl (C=O) groups is 2. The molecule has 2 aliphatic carbocycles. The molecule has 28 heavy (non-hydrogen) atoms. The number of carboxylic acids is 2. The van der Waals surface area contributed by atoms with E-state index in [1.165, 1.54) is 30.7 Å². The number of carboxylic acid groups (broad SMARTS) is 2. The molecule has 158 valence electrons. The second-order valence-electron chi connectivity index (χ2n) is 7.18. The third-order valence-electron chi connectivity index (χ3n) is 5.21. The Balaban J connectivity index is 0.000000345. The van der Waals surface area contributed by atoms with Gasteiger partial charge in [-0.25, -0.2) is 9.78 Å². The summed E-state index contributed by atoms with van der Waals surface area (Å²) in [7, 11) is 0. The Kier molecular flexibility index (Phi) is 7.85. The molecule has 0 bridgehead atoms. The van der Waals surface area contributed by atoms with Gasteiger partial charge in [0.05, 0.1) is 17.9 Å². The molecule has 2 aliphatic rings. The smallest absolute Gasteiger partial charge is 0.481 e. The molecule has 0 saturated heterocycles. The van der Waals surface area contributed by atoms with E-state index >= 15 is 0 Å². The lowest BCUT2D eigenvalue weighted by molar-refractivity contribution is -0.192. The van der Waals surface area contributed by atoms with Crippen molar-refractivity contribution in [2.45, 2.75) is 70.1 Å². The van der Waals surface area contributed by atoms with Crippen LogP contribution in [0.5, 0.6) is 0 Å². The summed E-state index contributed by atoms with van der Waals surface area (Å²) in [6.07, 6.45) is 5.35. The molecule has 0 amide bonds. The van der Waals surface area contributed by atoms with Crippen molar-refractivity contribution in [2.75, 3.05) is 6.54 Å². The molecular formula is C18H26F3N3O4. The number of imidazole rings is 1. The van der Waals surface area contributed by atoms with Crippen LogP contribution >= 0.6 is 0 Å². The minimum atomic E-state index is -5.08. The summed E-state index contributed by atoms with van der Waals surface area (Å²) in [5.74, 6) is -3.50. The zero-order valence-corrected chi connectivity index (χ0v) is 15.5. The number of nitrogens with zero attached hydrogens (tertiary/aromatic N) is 2. The van der Waals surface area contributed by atoms with Gasteiger partial charge in [-0.1, -0.05) is 0 Å². The summed E-state index contributed by atoms with van der Waals surface area (Å²) >= 11 is 0. The second kappa shape index (κ2) is 9.90. The molecule has 1 heterocycles. The summed E-state index contributed by atoms with van der Waals surface area (Å²) in [4.78, 5) is 24.4. The van der Waals surface area contributed by atoms with Crippen LogP contribution in [0, 0.1) is 5.92 Å². The van der Waals surface area contributed by atoms with Gasteiger partial charge in [-0.05, 0) is 51.4 Å². The average molecular weight is 405 g/mol. The van der Waals surface area contributed by atoms with Crippen molar-refractivity contribution in [1.29, 1.82) is 0 Å². The van der Waals surface area contributed by atoms with Crippen LogP contribution in [0.4, 0.5) is 13.2 Å². The molecule has 1 fully saturated rings. The minimum absolute atomic E-state index is 0.122. The number of fused-ring (bicyclic) bond motifs is 1. The van der Waals surface area contributed by atoms with E-state index in [2.05, 4.69) is 14.9 Å². The number of hydrogen-bond donors (Lipinski definition) is 3. The van der Waals surface area contributed by atoms with Gasteiger partial charge in [0.1, 0.15) is 0 Å². The molecule has 1 aromatic heterocycles. The van der Waals surface area contributed by atoms with Crippen LogP contribution in [-0.2, 0) is 29.0 Å². The summed E-state index contributed by atoms with van der Waals surface area (Å²) in [6, 6.07) is 0.486. The summed E-state index contributed by atoms with van der Waals surface area (Å²) in [5, 5.41) is 19.7. The molecule has 3 N–H and O–H groups in total. The first-order valence-corrected chi connectivity index (χ1v) is 9.47. The Morgan fingerprint density at radius 2 is 1.75 bits per heavy atom. The van der Waals surface area contributed by atoms with Gasteiger partial charge in [0.15, 0.2) is 0 Å². The van der Waals surface area contributed by atoms with Crippen LogP contribution in [0.1, 0.15) is 49.9 Å². The van der Waals surface area contributed by atoms with E-state index in [0.29, 0.717) is 6.04 Å². The third kappa shape index (κ3) is 6.50. The lowest BCUT2D eigenvalue weighted by Crippen LogP contribution is -2.36. The first-order valence-electron chi connectivity index (χ1n) is 9.47. The topological polar surface area (TPSA) is 104 Å². The molecule has 0 radical (unpaired) electrons. The molecule has 0 aliphatic heterocycles. The SMILES string of the molecule is O=C(O)C(F)(F)F.O=C(O)C1CCC(NCCn2cnc3c2CCCC3)CC1. The maximum absolute atomic E-state index is 10.9. The number of aromatic nitrogens is 2. The van der Waals surface area contributed by atoms with Gasteiger partial charge in [0, 0.05) is 24.8 Å². The first kappa shape index (κ1) is 22.2. The second-order valence-corrected chi connectivity index (χ2v) is 7.18. The van der Waals surface area contributed by atoms with Crippen molar-refractivity contribution in [2.24, 2.45) is 5.92 Å². The zero-order valence-electron chi connectivity index (χ0n) is 15.5. The number of rotatable bonds is 5. The molecule has 0 spiro atoms. The van der Waals surface area contributed by atoms with Crippen molar-refractivity contribution in [1.82, 2.24) is 14.9 Å². The molecule has 0 unspecified atom stereocenters. The number of aliphatic carboxylic acids is 2. The maximum atomic E-state index is 10.9. The Morgan fingerprint density at radius 1 is 1.14 bits per heavy atom. The quantitative estimate of drug-likeness (QED) is 0.696. The third-order valence-corrected chi connectivity index (χ3v) is 5.21. The van der Waals surface area contributed by atoms with E-state index in [1.54, 1.807) is 0 Å². The van der Waals surface area contributed by atoms with Crippen molar-refractivity contribution in [3.8, 4) is 0 Å². The van der Waals surface area contributed by atoms with Crippen molar-refractivity contribution in [3.63, 3.8) is 0 Å². The molecule has 0 aromatic carbocycles. The van der Waals surface area contributed by atoms with Crippen molar-refractivity contribution in [3.05, 3.63) is 17.7 Å². The summed E-state index contributed by atoms with van der Waals surface area (Å²) < 4.78 is 34.0. The van der Waals surface area contributed by atoms with Crippen LogP contribution in [0.15, 0.2) is 6.33 Å². The first-order chi connectivity index (χ1) is 13.2. The number of alkyl halides is 3. The predicted octanol–water partition coefficient (Wildman–Crippen LogP) is 2.63. The maximum Gasteiger partial charge on any atom is 0.490 e.